The summed E-state index contributed by atoms with van der Waals surface area (Å²) in [6.45, 7) is 4.92. The minimum absolute atomic E-state index is 0.833. The Morgan fingerprint density at radius 2 is 1.33 bits per heavy atom. The van der Waals surface area contributed by atoms with Gasteiger partial charge in [0.15, 0.2) is 5.76 Å². The van der Waals surface area contributed by atoms with Crippen molar-refractivity contribution >= 4 is 11.5 Å². The second-order valence-electron chi connectivity index (χ2n) is 7.73. The average Bonchev–Trinajstić information content (AvgIpc) is 2.94. The second-order valence-corrected chi connectivity index (χ2v) is 7.73. The molecule has 0 N–H and O–H groups in total. The standard InChI is InChI=1S/C26H26N2O2/c1-29-26-22-12-6-8-14-24(22)30-23-13-7-5-11-21(23)25(26)28-17-15-27(16-18-28)19-20-9-3-2-4-10-20/h2-14H,15-19H2,1H3. The maximum Gasteiger partial charge on any atom is 0.153 e. The van der Waals surface area contributed by atoms with Crippen molar-refractivity contribution in [3.63, 3.8) is 0 Å². The first-order valence-electron chi connectivity index (χ1n) is 10.5. The van der Waals surface area contributed by atoms with Gasteiger partial charge in [0.25, 0.3) is 0 Å². The molecule has 0 saturated carbocycles. The van der Waals surface area contributed by atoms with E-state index < -0.39 is 0 Å². The van der Waals surface area contributed by atoms with Gasteiger partial charge in [0.05, 0.1) is 18.4 Å². The molecule has 30 heavy (non-hydrogen) atoms. The van der Waals surface area contributed by atoms with Crippen molar-refractivity contribution in [2.45, 2.75) is 6.54 Å². The molecule has 3 aromatic carbocycles. The highest BCUT2D eigenvalue weighted by Crippen LogP contribution is 2.43. The van der Waals surface area contributed by atoms with Crippen molar-refractivity contribution in [2.75, 3.05) is 33.3 Å². The summed E-state index contributed by atoms with van der Waals surface area (Å²) in [7, 11) is 1.76. The smallest absolute Gasteiger partial charge is 0.153 e. The molecule has 0 unspecified atom stereocenters. The lowest BCUT2D eigenvalue weighted by Gasteiger charge is -2.38. The molecule has 1 saturated heterocycles. The molecule has 2 aliphatic heterocycles. The number of methoxy groups -OCH3 is 1. The van der Waals surface area contributed by atoms with Crippen LogP contribution in [0.5, 0.6) is 11.5 Å². The normalized spacial score (nSPS) is 16.4. The molecule has 4 nitrogen and oxygen atoms in total. The highest BCUT2D eigenvalue weighted by Gasteiger charge is 2.29. The Kier molecular flexibility index (Phi) is 5.16. The summed E-state index contributed by atoms with van der Waals surface area (Å²) in [5.74, 6) is 2.59. The number of nitrogens with zero attached hydrogens (tertiary/aromatic N) is 2. The molecule has 0 bridgehead atoms. The lowest BCUT2D eigenvalue weighted by Crippen LogP contribution is -2.45. The van der Waals surface area contributed by atoms with Crippen LogP contribution in [0.2, 0.25) is 0 Å². The van der Waals surface area contributed by atoms with E-state index in [0.717, 1.165) is 66.8 Å². The predicted octanol–water partition coefficient (Wildman–Crippen LogP) is 5.08. The van der Waals surface area contributed by atoms with E-state index in [2.05, 4.69) is 58.3 Å². The van der Waals surface area contributed by atoms with Gasteiger partial charge >= 0.3 is 0 Å². The van der Waals surface area contributed by atoms with E-state index >= 15 is 0 Å². The maximum absolute atomic E-state index is 6.30. The molecule has 1 fully saturated rings. The molecule has 5 rings (SSSR count). The van der Waals surface area contributed by atoms with Crippen molar-refractivity contribution in [2.24, 2.45) is 0 Å². The topological polar surface area (TPSA) is 24.9 Å². The van der Waals surface area contributed by atoms with Crippen LogP contribution in [-0.4, -0.2) is 43.1 Å². The van der Waals surface area contributed by atoms with Crippen molar-refractivity contribution < 1.29 is 9.47 Å². The van der Waals surface area contributed by atoms with Gasteiger partial charge in [0.2, 0.25) is 0 Å². The van der Waals surface area contributed by atoms with Crippen LogP contribution in [0.25, 0.3) is 11.5 Å². The Balaban J connectivity index is 1.47. The summed E-state index contributed by atoms with van der Waals surface area (Å²) in [5, 5.41) is 0. The highest BCUT2D eigenvalue weighted by molar-refractivity contribution is 5.91. The molecular formula is C26H26N2O2. The fraction of sp³-hybridized carbons (Fsp3) is 0.231. The highest BCUT2D eigenvalue weighted by atomic mass is 16.5. The summed E-state index contributed by atoms with van der Waals surface area (Å²) in [5.41, 5.74) is 4.57. The van der Waals surface area contributed by atoms with E-state index in [0.29, 0.717) is 0 Å². The van der Waals surface area contributed by atoms with E-state index in [1.54, 1.807) is 7.11 Å². The first-order chi connectivity index (χ1) is 14.8. The molecule has 3 aromatic rings. The van der Waals surface area contributed by atoms with Crippen LogP contribution in [0.4, 0.5) is 0 Å². The number of ether oxygens (including phenoxy) is 2. The lowest BCUT2D eigenvalue weighted by molar-refractivity contribution is 0.168. The summed E-state index contributed by atoms with van der Waals surface area (Å²) in [4.78, 5) is 4.97. The molecule has 0 aliphatic carbocycles. The van der Waals surface area contributed by atoms with Crippen LogP contribution >= 0.6 is 0 Å². The zero-order valence-electron chi connectivity index (χ0n) is 17.3. The average molecular weight is 399 g/mol. The van der Waals surface area contributed by atoms with Crippen molar-refractivity contribution in [1.82, 2.24) is 9.80 Å². The van der Waals surface area contributed by atoms with Gasteiger partial charge in [-0.15, -0.1) is 0 Å². The quantitative estimate of drug-likeness (QED) is 0.612. The molecule has 0 aromatic heterocycles. The number of hydrogen-bond donors (Lipinski definition) is 0. The van der Waals surface area contributed by atoms with Gasteiger partial charge in [-0.05, 0) is 29.8 Å². The lowest BCUT2D eigenvalue weighted by atomic mass is 10.0. The van der Waals surface area contributed by atoms with Gasteiger partial charge in [-0.1, -0.05) is 54.6 Å². The Bertz CT molecular complexity index is 1050. The van der Waals surface area contributed by atoms with Gasteiger partial charge in [-0.2, -0.15) is 0 Å². The summed E-state index contributed by atoms with van der Waals surface area (Å²) < 4.78 is 12.3. The summed E-state index contributed by atoms with van der Waals surface area (Å²) >= 11 is 0. The van der Waals surface area contributed by atoms with Gasteiger partial charge in [0, 0.05) is 38.3 Å². The van der Waals surface area contributed by atoms with Gasteiger partial charge in [-0.25, -0.2) is 0 Å². The van der Waals surface area contributed by atoms with Gasteiger partial charge in [0.1, 0.15) is 11.5 Å². The Hall–Kier alpha value is -3.24. The molecular weight excluding hydrogens is 372 g/mol. The van der Waals surface area contributed by atoms with Crippen molar-refractivity contribution in [3.8, 4) is 11.5 Å². The monoisotopic (exact) mass is 398 g/mol. The predicted molar refractivity (Wildman–Crippen MR) is 120 cm³/mol. The molecule has 2 aliphatic rings. The van der Waals surface area contributed by atoms with E-state index in [1.165, 1.54) is 5.56 Å². The molecule has 0 atom stereocenters. The molecule has 0 amide bonds. The number of fused-ring (bicyclic) bond motifs is 2. The number of rotatable bonds is 4. The first kappa shape index (κ1) is 18.8. The number of benzene rings is 3. The van der Waals surface area contributed by atoms with Crippen molar-refractivity contribution in [1.29, 1.82) is 0 Å². The van der Waals surface area contributed by atoms with Crippen LogP contribution in [0.1, 0.15) is 16.7 Å². The van der Waals surface area contributed by atoms with Crippen molar-refractivity contribution in [3.05, 3.63) is 95.6 Å². The Morgan fingerprint density at radius 3 is 2.03 bits per heavy atom. The maximum atomic E-state index is 6.30. The largest absolute Gasteiger partial charge is 0.494 e. The van der Waals surface area contributed by atoms with Crippen LogP contribution in [0.15, 0.2) is 78.9 Å². The number of piperazine rings is 1. The number of para-hydroxylation sites is 2. The Morgan fingerprint density at radius 1 is 0.733 bits per heavy atom. The first-order valence-corrected chi connectivity index (χ1v) is 10.5. The van der Waals surface area contributed by atoms with E-state index in [4.69, 9.17) is 9.47 Å². The number of hydrogen-bond acceptors (Lipinski definition) is 4. The third kappa shape index (κ3) is 3.55. The van der Waals surface area contributed by atoms with Crippen LogP contribution < -0.4 is 4.74 Å². The SMILES string of the molecule is COC1=C(N2CCN(Cc3ccccc3)CC2)c2ccccc2Oc2ccccc21. The minimum atomic E-state index is 0.833. The third-order valence-electron chi connectivity index (χ3n) is 5.85. The summed E-state index contributed by atoms with van der Waals surface area (Å²) in [6, 6.07) is 27.1. The van der Waals surface area contributed by atoms with Gasteiger partial charge in [-0.3, -0.25) is 4.90 Å². The molecule has 2 heterocycles. The molecule has 0 radical (unpaired) electrons. The molecule has 0 spiro atoms. The van der Waals surface area contributed by atoms with Crippen LogP contribution in [0, 0.1) is 0 Å². The molecule has 152 valence electrons. The Labute approximate surface area is 178 Å². The fourth-order valence-electron chi connectivity index (χ4n) is 4.35. The van der Waals surface area contributed by atoms with Crippen LogP contribution in [-0.2, 0) is 11.3 Å². The van der Waals surface area contributed by atoms with Gasteiger partial charge < -0.3 is 14.4 Å². The van der Waals surface area contributed by atoms with Crippen LogP contribution in [0.3, 0.4) is 0 Å². The second kappa shape index (κ2) is 8.25. The minimum Gasteiger partial charge on any atom is -0.494 e. The van der Waals surface area contributed by atoms with E-state index in [9.17, 15) is 0 Å². The van der Waals surface area contributed by atoms with E-state index in [-0.39, 0.29) is 0 Å². The fourth-order valence-corrected chi connectivity index (χ4v) is 4.35. The zero-order chi connectivity index (χ0) is 20.3. The zero-order valence-corrected chi connectivity index (χ0v) is 17.3. The molecule has 4 heteroatoms. The summed E-state index contributed by atoms with van der Waals surface area (Å²) in [6.07, 6.45) is 0. The third-order valence-corrected chi connectivity index (χ3v) is 5.85. The van der Waals surface area contributed by atoms with E-state index in [1.807, 2.05) is 30.3 Å².